The lowest BCUT2D eigenvalue weighted by Crippen LogP contribution is -2.60. The minimum atomic E-state index is -4.74. The van der Waals surface area contributed by atoms with Gasteiger partial charge in [0.1, 0.15) is 11.2 Å². The van der Waals surface area contributed by atoms with E-state index >= 15 is 0 Å². The molecule has 0 bridgehead atoms. The molecule has 12 heteroatoms. The standard InChI is InChI=1S/C20H24ClF3N4O3S/c1-7-15(32(6,30)31)10-9-12(3)11-25-17-19(29)28(13(4)20(22,23)24)18(26-14(5)21)16(8-2)27-17/h7-10,13H,3,5,11H2,1-2,4,6H3,(H,25,27)/b10-9-,15-7+,16-8+,26-18?. The number of amides is 1. The average molecular weight is 493 g/mol. The lowest BCUT2D eigenvalue weighted by Gasteiger charge is -2.36. The van der Waals surface area contributed by atoms with E-state index in [1.165, 1.54) is 31.2 Å². The Bertz CT molecular complexity index is 1050. The number of nitrogens with one attached hydrogen (secondary N) is 1. The topological polar surface area (TPSA) is 91.2 Å². The molecule has 0 spiro atoms. The molecule has 0 saturated carbocycles. The minimum absolute atomic E-state index is 0.0571. The molecular formula is C20H24ClF3N4O3S. The van der Waals surface area contributed by atoms with Crippen LogP contribution in [0.1, 0.15) is 20.8 Å². The summed E-state index contributed by atoms with van der Waals surface area (Å²) < 4.78 is 63.5. The van der Waals surface area contributed by atoms with Gasteiger partial charge in [-0.2, -0.15) is 13.2 Å². The van der Waals surface area contributed by atoms with Crippen molar-refractivity contribution in [1.82, 2.24) is 10.2 Å². The number of alkyl halides is 3. The lowest BCUT2D eigenvalue weighted by atomic mass is 10.1. The molecule has 1 heterocycles. The molecule has 1 amide bonds. The molecule has 0 aromatic heterocycles. The normalized spacial score (nSPS) is 20.9. The summed E-state index contributed by atoms with van der Waals surface area (Å²) >= 11 is 5.66. The summed E-state index contributed by atoms with van der Waals surface area (Å²) in [5.74, 6) is -1.78. The first-order valence-corrected chi connectivity index (χ1v) is 11.4. The summed E-state index contributed by atoms with van der Waals surface area (Å²) in [5.41, 5.74) is 0.400. The predicted octanol–water partition coefficient (Wildman–Crippen LogP) is 3.84. The van der Waals surface area contributed by atoms with Crippen LogP contribution in [0.5, 0.6) is 0 Å². The van der Waals surface area contributed by atoms with Crippen molar-refractivity contribution < 1.29 is 26.4 Å². The molecule has 1 aliphatic heterocycles. The number of hydrogen-bond donors (Lipinski definition) is 1. The van der Waals surface area contributed by atoms with Crippen molar-refractivity contribution in [3.05, 3.63) is 58.8 Å². The largest absolute Gasteiger partial charge is 0.409 e. The van der Waals surface area contributed by atoms with E-state index in [9.17, 15) is 26.4 Å². The fraction of sp³-hybridized carbons (Fsp3) is 0.350. The van der Waals surface area contributed by atoms with Gasteiger partial charge in [0.2, 0.25) is 0 Å². The zero-order valence-corrected chi connectivity index (χ0v) is 19.6. The first-order valence-electron chi connectivity index (χ1n) is 9.17. The van der Waals surface area contributed by atoms with Gasteiger partial charge in [0.05, 0.1) is 17.1 Å². The minimum Gasteiger partial charge on any atom is -0.333 e. The highest BCUT2D eigenvalue weighted by Gasteiger charge is 2.47. The third-order valence-corrected chi connectivity index (χ3v) is 5.47. The zero-order valence-electron chi connectivity index (χ0n) is 18.0. The molecule has 7 nitrogen and oxygen atoms in total. The number of carbonyl (C=O) groups excluding carboxylic acids is 1. The third-order valence-electron chi connectivity index (χ3n) is 4.16. The number of rotatable bonds is 7. The van der Waals surface area contributed by atoms with Crippen LogP contribution in [-0.4, -0.2) is 55.9 Å². The van der Waals surface area contributed by atoms with Crippen LogP contribution in [0.2, 0.25) is 0 Å². The summed E-state index contributed by atoms with van der Waals surface area (Å²) in [6.45, 7) is 10.8. The van der Waals surface area contributed by atoms with Crippen LogP contribution in [0.25, 0.3) is 0 Å². The molecule has 0 aromatic rings. The highest BCUT2D eigenvalue weighted by molar-refractivity contribution is 7.94. The van der Waals surface area contributed by atoms with Crippen LogP contribution >= 0.6 is 11.6 Å². The van der Waals surface area contributed by atoms with E-state index in [1.807, 2.05) is 0 Å². The van der Waals surface area contributed by atoms with Crippen LogP contribution in [0, 0.1) is 0 Å². The number of halogens is 4. The number of carbonyl (C=O) groups is 1. The third kappa shape index (κ3) is 7.20. The number of piperazine rings is 1. The summed E-state index contributed by atoms with van der Waals surface area (Å²) in [5, 5.41) is 2.34. The van der Waals surface area contributed by atoms with Crippen molar-refractivity contribution in [2.75, 3.05) is 12.8 Å². The van der Waals surface area contributed by atoms with E-state index in [0.717, 1.165) is 13.2 Å². The Morgan fingerprint density at radius 3 is 2.31 bits per heavy atom. The monoisotopic (exact) mass is 492 g/mol. The van der Waals surface area contributed by atoms with Crippen LogP contribution in [-0.2, 0) is 14.6 Å². The smallest absolute Gasteiger partial charge is 0.333 e. The molecule has 0 aliphatic carbocycles. The Hall–Kier alpha value is -2.66. The van der Waals surface area contributed by atoms with Gasteiger partial charge < -0.3 is 5.32 Å². The van der Waals surface area contributed by atoms with Gasteiger partial charge in [-0.1, -0.05) is 43.0 Å². The van der Waals surface area contributed by atoms with Crippen molar-refractivity contribution in [2.45, 2.75) is 33.0 Å². The molecule has 1 N–H and O–H groups in total. The van der Waals surface area contributed by atoms with Gasteiger partial charge in [-0.3, -0.25) is 14.7 Å². The molecule has 1 atom stereocenters. The van der Waals surface area contributed by atoms with Gasteiger partial charge in [0.15, 0.2) is 21.5 Å². The number of amidine groups is 2. The Labute approximate surface area is 190 Å². The number of sulfone groups is 1. The maximum Gasteiger partial charge on any atom is 0.409 e. The van der Waals surface area contributed by atoms with E-state index < -0.39 is 28.0 Å². The van der Waals surface area contributed by atoms with E-state index in [1.54, 1.807) is 6.92 Å². The predicted molar refractivity (Wildman–Crippen MR) is 121 cm³/mol. The molecule has 0 radical (unpaired) electrons. The summed E-state index contributed by atoms with van der Waals surface area (Å²) in [7, 11) is -3.43. The Balaban J connectivity index is 3.30. The van der Waals surface area contributed by atoms with Gasteiger partial charge in [-0.25, -0.2) is 13.4 Å². The summed E-state index contributed by atoms with van der Waals surface area (Å²) in [6.07, 6.45) is 1.83. The van der Waals surface area contributed by atoms with Gasteiger partial charge >= 0.3 is 6.18 Å². The molecule has 0 aromatic carbocycles. The maximum absolute atomic E-state index is 13.4. The fourth-order valence-corrected chi connectivity index (χ4v) is 3.31. The average Bonchev–Trinajstić information content (AvgIpc) is 2.65. The number of allylic oxidation sites excluding steroid dienone is 3. The van der Waals surface area contributed by atoms with Gasteiger partial charge in [-0.15, -0.1) is 0 Å². The van der Waals surface area contributed by atoms with Crippen molar-refractivity contribution in [3.63, 3.8) is 0 Å². The molecule has 1 fully saturated rings. The number of hydrogen-bond acceptors (Lipinski definition) is 5. The quantitative estimate of drug-likeness (QED) is 0.432. The molecule has 1 rings (SSSR count). The number of nitrogens with zero attached hydrogens (tertiary/aromatic N) is 3. The van der Waals surface area contributed by atoms with Gasteiger partial charge in [0.25, 0.3) is 5.91 Å². The second-order valence-corrected chi connectivity index (χ2v) is 9.10. The summed E-state index contributed by atoms with van der Waals surface area (Å²) in [4.78, 5) is 21.2. The molecular weight excluding hydrogens is 469 g/mol. The maximum atomic E-state index is 13.4. The zero-order chi connectivity index (χ0) is 24.9. The lowest BCUT2D eigenvalue weighted by molar-refractivity contribution is -0.173. The molecule has 176 valence electrons. The fourth-order valence-electron chi connectivity index (χ4n) is 2.49. The Morgan fingerprint density at radius 2 is 1.88 bits per heavy atom. The van der Waals surface area contributed by atoms with Crippen molar-refractivity contribution in [2.24, 2.45) is 9.98 Å². The SMILES string of the molecule is C=C(/C=C\C(=C/C)S(C)(=O)=O)CN=C1N/C(=C/C)C(=NC(=C)Cl)N(C(C)C(F)(F)F)C1=O. The van der Waals surface area contributed by atoms with Crippen molar-refractivity contribution >= 4 is 39.0 Å². The van der Waals surface area contributed by atoms with Crippen LogP contribution in [0.4, 0.5) is 13.2 Å². The molecule has 1 saturated heterocycles. The van der Waals surface area contributed by atoms with E-state index in [0.29, 0.717) is 10.5 Å². The highest BCUT2D eigenvalue weighted by atomic mass is 35.5. The van der Waals surface area contributed by atoms with Gasteiger partial charge in [0, 0.05) is 6.26 Å². The van der Waals surface area contributed by atoms with Crippen LogP contribution < -0.4 is 5.32 Å². The highest BCUT2D eigenvalue weighted by Crippen LogP contribution is 2.28. The van der Waals surface area contributed by atoms with Crippen molar-refractivity contribution in [1.29, 1.82) is 0 Å². The van der Waals surface area contributed by atoms with Crippen molar-refractivity contribution in [3.8, 4) is 0 Å². The Kier molecular flexibility index (Phi) is 9.22. The van der Waals surface area contributed by atoms with E-state index in [4.69, 9.17) is 11.6 Å². The molecule has 32 heavy (non-hydrogen) atoms. The molecule has 1 aliphatic rings. The second kappa shape index (κ2) is 10.8. The first kappa shape index (κ1) is 27.4. The van der Waals surface area contributed by atoms with Gasteiger partial charge in [-0.05, 0) is 32.4 Å². The second-order valence-electron chi connectivity index (χ2n) is 6.65. The van der Waals surface area contributed by atoms with E-state index in [-0.39, 0.29) is 34.0 Å². The van der Waals surface area contributed by atoms with Crippen LogP contribution in [0.3, 0.4) is 0 Å². The first-order chi connectivity index (χ1) is 14.6. The van der Waals surface area contributed by atoms with E-state index in [2.05, 4.69) is 28.5 Å². The number of aliphatic imine (C=N–C) groups is 2. The van der Waals surface area contributed by atoms with Crippen LogP contribution in [0.15, 0.2) is 68.8 Å². The summed E-state index contributed by atoms with van der Waals surface area (Å²) in [6, 6.07) is -2.22. The molecule has 1 unspecified atom stereocenters. The Morgan fingerprint density at radius 1 is 1.28 bits per heavy atom.